The molecule has 1 aromatic heterocycles. The minimum Gasteiger partial charge on any atom is -0.398 e. The molecule has 3 nitrogen and oxygen atoms in total. The summed E-state index contributed by atoms with van der Waals surface area (Å²) in [5.74, 6) is 0. The Morgan fingerprint density at radius 3 is 2.63 bits per heavy atom. The molecule has 0 amide bonds. The number of hydrogen-bond donors (Lipinski definition) is 1. The maximum absolute atomic E-state index is 6.05. The Balaban J connectivity index is 2.07. The van der Waals surface area contributed by atoms with Crippen molar-refractivity contribution in [2.75, 3.05) is 23.7 Å². The van der Waals surface area contributed by atoms with E-state index in [0.717, 1.165) is 24.2 Å². The van der Waals surface area contributed by atoms with Crippen LogP contribution >= 0.6 is 11.8 Å². The Morgan fingerprint density at radius 1 is 1.16 bits per heavy atom. The number of anilines is 2. The molecule has 2 unspecified atom stereocenters. The first-order chi connectivity index (χ1) is 9.15. The summed E-state index contributed by atoms with van der Waals surface area (Å²) in [6.07, 6.45) is 3.70. The molecule has 0 bridgehead atoms. The Morgan fingerprint density at radius 2 is 1.89 bits per heavy atom. The summed E-state index contributed by atoms with van der Waals surface area (Å²) in [6, 6.07) is 6.21. The molecule has 0 aliphatic carbocycles. The van der Waals surface area contributed by atoms with Crippen molar-refractivity contribution in [2.45, 2.75) is 24.3 Å². The van der Waals surface area contributed by atoms with Gasteiger partial charge in [0.2, 0.25) is 0 Å². The number of nitrogen functional groups attached to an aromatic ring is 1. The molecular formula is C15H19N3S. The largest absolute Gasteiger partial charge is 0.398 e. The lowest BCUT2D eigenvalue weighted by Crippen LogP contribution is -2.40. The second-order valence-corrected chi connectivity index (χ2v) is 7.14. The topological polar surface area (TPSA) is 42.1 Å². The maximum atomic E-state index is 6.05. The summed E-state index contributed by atoms with van der Waals surface area (Å²) in [5.41, 5.74) is 8.13. The molecule has 0 spiro atoms. The summed E-state index contributed by atoms with van der Waals surface area (Å²) >= 11 is 2.07. The van der Waals surface area contributed by atoms with Gasteiger partial charge in [0.25, 0.3) is 0 Å². The molecule has 0 saturated carbocycles. The van der Waals surface area contributed by atoms with Gasteiger partial charge >= 0.3 is 0 Å². The molecule has 1 aliphatic rings. The standard InChI is InChI=1S/C15H19N3S/c1-10-8-18(9-11(2)19-10)15-4-3-14(16)13-7-17-6-5-12(13)15/h3-7,10-11H,8-9,16H2,1-2H3. The smallest absolute Gasteiger partial charge is 0.0449 e. The lowest BCUT2D eigenvalue weighted by atomic mass is 10.1. The zero-order valence-electron chi connectivity index (χ0n) is 11.3. The first-order valence-electron chi connectivity index (χ1n) is 6.68. The van der Waals surface area contributed by atoms with E-state index in [1.54, 1.807) is 0 Å². The van der Waals surface area contributed by atoms with Gasteiger partial charge in [0.15, 0.2) is 0 Å². The zero-order valence-corrected chi connectivity index (χ0v) is 12.2. The lowest BCUT2D eigenvalue weighted by molar-refractivity contribution is 0.730. The van der Waals surface area contributed by atoms with Crippen LogP contribution in [-0.2, 0) is 0 Å². The van der Waals surface area contributed by atoms with Gasteiger partial charge in [-0.1, -0.05) is 13.8 Å². The average Bonchev–Trinajstić information content (AvgIpc) is 2.38. The number of rotatable bonds is 1. The third-order valence-electron chi connectivity index (χ3n) is 3.59. The van der Waals surface area contributed by atoms with Gasteiger partial charge in [-0.2, -0.15) is 11.8 Å². The van der Waals surface area contributed by atoms with Gasteiger partial charge < -0.3 is 10.6 Å². The first kappa shape index (κ1) is 12.6. The van der Waals surface area contributed by atoms with E-state index < -0.39 is 0 Å². The van der Waals surface area contributed by atoms with Crippen molar-refractivity contribution in [3.63, 3.8) is 0 Å². The van der Waals surface area contributed by atoms with Crippen LogP contribution in [0.2, 0.25) is 0 Å². The van der Waals surface area contributed by atoms with Crippen LogP contribution in [0.3, 0.4) is 0 Å². The van der Waals surface area contributed by atoms with E-state index in [9.17, 15) is 0 Å². The van der Waals surface area contributed by atoms with Crippen molar-refractivity contribution in [1.82, 2.24) is 4.98 Å². The SMILES string of the molecule is CC1CN(c2ccc(N)c3cnccc23)CC(C)S1. The highest BCUT2D eigenvalue weighted by Crippen LogP contribution is 2.34. The van der Waals surface area contributed by atoms with E-state index >= 15 is 0 Å². The van der Waals surface area contributed by atoms with Crippen LogP contribution in [0.5, 0.6) is 0 Å². The highest BCUT2D eigenvalue weighted by atomic mass is 32.2. The fraction of sp³-hybridized carbons (Fsp3) is 0.400. The van der Waals surface area contributed by atoms with Crippen molar-refractivity contribution in [1.29, 1.82) is 0 Å². The second-order valence-electron chi connectivity index (χ2n) is 5.26. The number of aromatic nitrogens is 1. The number of hydrogen-bond acceptors (Lipinski definition) is 4. The van der Waals surface area contributed by atoms with Crippen LogP contribution in [-0.4, -0.2) is 28.6 Å². The van der Waals surface area contributed by atoms with Gasteiger partial charge in [0.1, 0.15) is 0 Å². The van der Waals surface area contributed by atoms with Gasteiger partial charge in [-0.3, -0.25) is 4.98 Å². The zero-order chi connectivity index (χ0) is 13.4. The van der Waals surface area contributed by atoms with Gasteiger partial charge in [0, 0.05) is 58.1 Å². The predicted octanol–water partition coefficient (Wildman–Crippen LogP) is 3.15. The molecule has 1 aliphatic heterocycles. The first-order valence-corrected chi connectivity index (χ1v) is 7.62. The van der Waals surface area contributed by atoms with Crippen LogP contribution in [0.25, 0.3) is 10.8 Å². The highest BCUT2D eigenvalue weighted by Gasteiger charge is 2.23. The number of benzene rings is 1. The van der Waals surface area contributed by atoms with Crippen molar-refractivity contribution >= 4 is 33.9 Å². The Labute approximate surface area is 118 Å². The second kappa shape index (κ2) is 4.93. The summed E-state index contributed by atoms with van der Waals surface area (Å²) in [5, 5.41) is 3.59. The molecule has 2 aromatic rings. The van der Waals surface area contributed by atoms with Crippen molar-refractivity contribution in [3.05, 3.63) is 30.6 Å². The number of pyridine rings is 1. The Kier molecular flexibility index (Phi) is 3.27. The molecule has 2 N–H and O–H groups in total. The van der Waals surface area contributed by atoms with Gasteiger partial charge in [-0.15, -0.1) is 0 Å². The van der Waals surface area contributed by atoms with Crippen molar-refractivity contribution in [3.8, 4) is 0 Å². The monoisotopic (exact) mass is 273 g/mol. The molecule has 4 heteroatoms. The van der Waals surface area contributed by atoms with Crippen LogP contribution < -0.4 is 10.6 Å². The van der Waals surface area contributed by atoms with Gasteiger partial charge in [-0.25, -0.2) is 0 Å². The van der Waals surface area contributed by atoms with E-state index in [1.807, 2.05) is 18.5 Å². The number of nitrogens with zero attached hydrogens (tertiary/aromatic N) is 2. The molecule has 100 valence electrons. The third-order valence-corrected chi connectivity index (χ3v) is 4.82. The normalized spacial score (nSPS) is 23.8. The van der Waals surface area contributed by atoms with E-state index in [4.69, 9.17) is 5.73 Å². The molecule has 2 atom stereocenters. The van der Waals surface area contributed by atoms with Crippen molar-refractivity contribution in [2.24, 2.45) is 0 Å². The molecule has 19 heavy (non-hydrogen) atoms. The van der Waals surface area contributed by atoms with E-state index in [-0.39, 0.29) is 0 Å². The fourth-order valence-corrected chi connectivity index (χ4v) is 4.17. The number of nitrogens with two attached hydrogens (primary N) is 1. The van der Waals surface area contributed by atoms with Gasteiger partial charge in [-0.05, 0) is 18.2 Å². The molecular weight excluding hydrogens is 254 g/mol. The highest BCUT2D eigenvalue weighted by molar-refractivity contribution is 8.00. The quantitative estimate of drug-likeness (QED) is 0.811. The molecule has 2 heterocycles. The number of fused-ring (bicyclic) bond motifs is 1. The lowest BCUT2D eigenvalue weighted by Gasteiger charge is -2.37. The summed E-state index contributed by atoms with van der Waals surface area (Å²) < 4.78 is 0. The number of thioether (sulfide) groups is 1. The summed E-state index contributed by atoms with van der Waals surface area (Å²) in [4.78, 5) is 6.67. The minimum atomic E-state index is 0.665. The molecule has 1 fully saturated rings. The van der Waals surface area contributed by atoms with E-state index in [2.05, 4.69) is 47.6 Å². The predicted molar refractivity (Wildman–Crippen MR) is 84.9 cm³/mol. The van der Waals surface area contributed by atoms with E-state index in [1.165, 1.54) is 11.1 Å². The van der Waals surface area contributed by atoms with Crippen LogP contribution in [0, 0.1) is 0 Å². The Bertz CT molecular complexity index is 589. The third kappa shape index (κ3) is 2.37. The molecule has 3 rings (SSSR count). The van der Waals surface area contributed by atoms with Crippen molar-refractivity contribution < 1.29 is 0 Å². The Hall–Kier alpha value is -1.42. The maximum Gasteiger partial charge on any atom is 0.0449 e. The fourth-order valence-electron chi connectivity index (χ4n) is 2.85. The summed E-state index contributed by atoms with van der Waals surface area (Å²) in [7, 11) is 0. The van der Waals surface area contributed by atoms with Crippen LogP contribution in [0.4, 0.5) is 11.4 Å². The van der Waals surface area contributed by atoms with Crippen LogP contribution in [0.15, 0.2) is 30.6 Å². The molecule has 1 aromatic carbocycles. The molecule has 1 saturated heterocycles. The minimum absolute atomic E-state index is 0.665. The van der Waals surface area contributed by atoms with Gasteiger partial charge in [0.05, 0.1) is 0 Å². The van der Waals surface area contributed by atoms with E-state index in [0.29, 0.717) is 10.5 Å². The molecule has 0 radical (unpaired) electrons. The van der Waals surface area contributed by atoms with Crippen LogP contribution in [0.1, 0.15) is 13.8 Å². The summed E-state index contributed by atoms with van der Waals surface area (Å²) in [6.45, 7) is 6.79. The average molecular weight is 273 g/mol.